The maximum atomic E-state index is 13.5. The molecule has 0 saturated carbocycles. The number of carboxylic acids is 1. The van der Waals surface area contributed by atoms with Crippen molar-refractivity contribution in [3.05, 3.63) is 28.5 Å². The predicted octanol–water partition coefficient (Wildman–Crippen LogP) is 2.68. The first kappa shape index (κ1) is 13.3. The Morgan fingerprint density at radius 1 is 1.69 bits per heavy atom. The molecule has 1 unspecified atom stereocenters. The molecule has 1 aromatic rings. The minimum Gasteiger partial charge on any atom is -0.481 e. The van der Waals surface area contributed by atoms with Gasteiger partial charge in [0.25, 0.3) is 0 Å². The largest absolute Gasteiger partial charge is 0.481 e. The smallest absolute Gasteiger partial charge is 0.305 e. The molecule has 88 valence electrons. The van der Waals surface area contributed by atoms with Gasteiger partial charge >= 0.3 is 5.97 Å². The average Bonchev–Trinajstić information content (AvgIpc) is 2.16. The lowest BCUT2D eigenvalue weighted by molar-refractivity contribution is -0.137. The van der Waals surface area contributed by atoms with Crippen LogP contribution in [0.5, 0.6) is 0 Å². The number of rotatable bonds is 4. The van der Waals surface area contributed by atoms with Crippen LogP contribution < -0.4 is 5.73 Å². The molecule has 1 atom stereocenters. The molecule has 0 aliphatic heterocycles. The molecule has 1 rings (SSSR count). The van der Waals surface area contributed by atoms with Gasteiger partial charge in [0.1, 0.15) is 5.82 Å². The Kier molecular flexibility index (Phi) is 4.58. The van der Waals surface area contributed by atoms with E-state index in [0.29, 0.717) is 10.5 Å². The Labute approximate surface area is 102 Å². The molecule has 0 spiro atoms. The molecular formula is C10H11ClFNO2S. The molecule has 0 radical (unpaired) electrons. The molecule has 3 nitrogen and oxygen atoms in total. The minimum absolute atomic E-state index is 0.253. The SMILES string of the molecule is CSc1c(F)cc(C(N)CC(=O)O)cc1Cl. The maximum absolute atomic E-state index is 13.5. The zero-order valence-corrected chi connectivity index (χ0v) is 10.1. The van der Waals surface area contributed by atoms with Crippen molar-refractivity contribution in [2.75, 3.05) is 6.26 Å². The fourth-order valence-electron chi connectivity index (χ4n) is 1.29. The van der Waals surface area contributed by atoms with Gasteiger partial charge in [0.05, 0.1) is 16.3 Å². The highest BCUT2D eigenvalue weighted by Crippen LogP contribution is 2.31. The summed E-state index contributed by atoms with van der Waals surface area (Å²) in [5, 5.41) is 8.83. The van der Waals surface area contributed by atoms with Crippen LogP contribution in [0.4, 0.5) is 4.39 Å². The molecule has 0 heterocycles. The van der Waals surface area contributed by atoms with Crippen molar-refractivity contribution in [1.29, 1.82) is 0 Å². The lowest BCUT2D eigenvalue weighted by Crippen LogP contribution is -2.15. The summed E-state index contributed by atoms with van der Waals surface area (Å²) in [6.45, 7) is 0. The van der Waals surface area contributed by atoms with Crippen LogP contribution >= 0.6 is 23.4 Å². The van der Waals surface area contributed by atoms with Crippen molar-refractivity contribution >= 4 is 29.3 Å². The van der Waals surface area contributed by atoms with Crippen molar-refractivity contribution in [3.8, 4) is 0 Å². The van der Waals surface area contributed by atoms with Crippen molar-refractivity contribution in [2.24, 2.45) is 5.73 Å². The monoisotopic (exact) mass is 263 g/mol. The number of hydrogen-bond acceptors (Lipinski definition) is 3. The fourth-order valence-corrected chi connectivity index (χ4v) is 2.25. The van der Waals surface area contributed by atoms with E-state index in [0.717, 1.165) is 0 Å². The van der Waals surface area contributed by atoms with Crippen LogP contribution in [0.1, 0.15) is 18.0 Å². The number of nitrogens with two attached hydrogens (primary N) is 1. The Balaban J connectivity index is 3.03. The minimum atomic E-state index is -1.03. The van der Waals surface area contributed by atoms with Gasteiger partial charge in [0.15, 0.2) is 0 Å². The fraction of sp³-hybridized carbons (Fsp3) is 0.300. The maximum Gasteiger partial charge on any atom is 0.305 e. The van der Waals surface area contributed by atoms with Crippen LogP contribution in [0.3, 0.4) is 0 Å². The summed E-state index contributed by atoms with van der Waals surface area (Å²) < 4.78 is 13.5. The number of hydrogen-bond donors (Lipinski definition) is 2. The molecule has 1 aromatic carbocycles. The standard InChI is InChI=1S/C10H11ClFNO2S/c1-16-10-6(11)2-5(3-7(10)12)8(13)4-9(14)15/h2-3,8H,4,13H2,1H3,(H,14,15). The molecule has 6 heteroatoms. The van der Waals surface area contributed by atoms with Gasteiger partial charge in [-0.15, -0.1) is 11.8 Å². The molecule has 16 heavy (non-hydrogen) atoms. The van der Waals surface area contributed by atoms with E-state index in [-0.39, 0.29) is 11.4 Å². The Bertz CT molecular complexity index is 391. The summed E-state index contributed by atoms with van der Waals surface area (Å²) in [6.07, 6.45) is 1.45. The summed E-state index contributed by atoms with van der Waals surface area (Å²) in [5.41, 5.74) is 6.00. The summed E-state index contributed by atoms with van der Waals surface area (Å²) in [7, 11) is 0. The van der Waals surface area contributed by atoms with Crippen molar-refractivity contribution in [3.63, 3.8) is 0 Å². The molecule has 0 fully saturated rings. The van der Waals surface area contributed by atoms with E-state index in [1.807, 2.05) is 0 Å². The Morgan fingerprint density at radius 2 is 2.31 bits per heavy atom. The van der Waals surface area contributed by atoms with Crippen molar-refractivity contribution in [1.82, 2.24) is 0 Å². The molecule has 0 saturated heterocycles. The van der Waals surface area contributed by atoms with Gasteiger partial charge < -0.3 is 10.8 Å². The Hall–Kier alpha value is -0.780. The van der Waals surface area contributed by atoms with Crippen molar-refractivity contribution in [2.45, 2.75) is 17.4 Å². The summed E-state index contributed by atoms with van der Waals surface area (Å²) in [4.78, 5) is 10.8. The van der Waals surface area contributed by atoms with E-state index in [1.54, 1.807) is 6.26 Å². The Morgan fingerprint density at radius 3 is 2.75 bits per heavy atom. The second-order valence-electron chi connectivity index (χ2n) is 3.22. The zero-order chi connectivity index (χ0) is 12.3. The van der Waals surface area contributed by atoms with Crippen LogP contribution in [0.15, 0.2) is 17.0 Å². The third-order valence-corrected chi connectivity index (χ3v) is 3.28. The van der Waals surface area contributed by atoms with Gasteiger partial charge in [-0.05, 0) is 24.0 Å². The third-order valence-electron chi connectivity index (χ3n) is 2.05. The third kappa shape index (κ3) is 3.10. The second-order valence-corrected chi connectivity index (χ2v) is 4.45. The zero-order valence-electron chi connectivity index (χ0n) is 8.54. The lowest BCUT2D eigenvalue weighted by Gasteiger charge is -2.12. The normalized spacial score (nSPS) is 12.5. The molecule has 0 aromatic heterocycles. The van der Waals surface area contributed by atoms with Crippen LogP contribution in [-0.4, -0.2) is 17.3 Å². The topological polar surface area (TPSA) is 63.3 Å². The molecule has 3 N–H and O–H groups in total. The van der Waals surface area contributed by atoms with Gasteiger partial charge in [-0.2, -0.15) is 0 Å². The molecule has 0 bridgehead atoms. The van der Waals surface area contributed by atoms with Gasteiger partial charge in [-0.1, -0.05) is 11.6 Å². The van der Waals surface area contributed by atoms with E-state index in [2.05, 4.69) is 0 Å². The average molecular weight is 264 g/mol. The number of thioether (sulfide) groups is 1. The van der Waals surface area contributed by atoms with Crippen molar-refractivity contribution < 1.29 is 14.3 Å². The number of benzene rings is 1. The van der Waals surface area contributed by atoms with E-state index in [4.69, 9.17) is 22.4 Å². The summed E-state index contributed by atoms with van der Waals surface area (Å²) in [6, 6.07) is 1.98. The highest BCUT2D eigenvalue weighted by atomic mass is 35.5. The van der Waals surface area contributed by atoms with E-state index < -0.39 is 17.8 Å². The number of aliphatic carboxylic acids is 1. The van der Waals surface area contributed by atoms with Gasteiger partial charge in [0, 0.05) is 6.04 Å². The predicted molar refractivity (Wildman–Crippen MR) is 62.4 cm³/mol. The summed E-state index contributed by atoms with van der Waals surface area (Å²) in [5.74, 6) is -1.51. The van der Waals surface area contributed by atoms with E-state index in [1.165, 1.54) is 23.9 Å². The van der Waals surface area contributed by atoms with Crippen LogP contribution in [-0.2, 0) is 4.79 Å². The first-order chi connectivity index (χ1) is 7.45. The first-order valence-corrected chi connectivity index (χ1v) is 6.06. The first-order valence-electron chi connectivity index (χ1n) is 4.46. The van der Waals surface area contributed by atoms with E-state index >= 15 is 0 Å². The van der Waals surface area contributed by atoms with Crippen LogP contribution in [0.2, 0.25) is 5.02 Å². The van der Waals surface area contributed by atoms with Crippen LogP contribution in [0.25, 0.3) is 0 Å². The molecule has 0 amide bonds. The van der Waals surface area contributed by atoms with Gasteiger partial charge in [0.2, 0.25) is 0 Å². The quantitative estimate of drug-likeness (QED) is 0.820. The molecule has 0 aliphatic carbocycles. The number of carboxylic acid groups (broad SMARTS) is 1. The summed E-state index contributed by atoms with van der Waals surface area (Å²) >= 11 is 7.04. The van der Waals surface area contributed by atoms with Gasteiger partial charge in [-0.25, -0.2) is 4.39 Å². The highest BCUT2D eigenvalue weighted by molar-refractivity contribution is 7.98. The van der Waals surface area contributed by atoms with Gasteiger partial charge in [-0.3, -0.25) is 4.79 Å². The molecular weight excluding hydrogens is 253 g/mol. The molecule has 0 aliphatic rings. The lowest BCUT2D eigenvalue weighted by atomic mass is 10.0. The van der Waals surface area contributed by atoms with Crippen LogP contribution in [0, 0.1) is 5.82 Å². The number of halogens is 2. The van der Waals surface area contributed by atoms with E-state index in [9.17, 15) is 9.18 Å². The highest BCUT2D eigenvalue weighted by Gasteiger charge is 2.15. The number of carbonyl (C=O) groups is 1. The second kappa shape index (κ2) is 5.52.